The fourth-order valence-corrected chi connectivity index (χ4v) is 1.11. The maximum Gasteiger partial charge on any atom is 0.122 e. The van der Waals surface area contributed by atoms with Crippen molar-refractivity contribution in [2.45, 2.75) is 13.3 Å². The first-order valence-electron chi connectivity index (χ1n) is 4.72. The fraction of sp³-hybridized carbons (Fsp3) is 0.231. The number of ether oxygens (including phenoxy) is 1. The Morgan fingerprint density at radius 2 is 2.14 bits per heavy atom. The molecule has 0 heterocycles. The lowest BCUT2D eigenvalue weighted by Crippen LogP contribution is -1.98. The van der Waals surface area contributed by atoms with Crippen LogP contribution in [0.15, 0.2) is 49.1 Å². The summed E-state index contributed by atoms with van der Waals surface area (Å²) in [4.78, 5) is 0. The van der Waals surface area contributed by atoms with Gasteiger partial charge in [-0.25, -0.2) is 0 Å². The van der Waals surface area contributed by atoms with Gasteiger partial charge in [-0.05, 0) is 18.6 Å². The second-order valence-corrected chi connectivity index (χ2v) is 3.23. The highest BCUT2D eigenvalue weighted by Crippen LogP contribution is 2.16. The van der Waals surface area contributed by atoms with Crippen molar-refractivity contribution in [3.05, 3.63) is 54.6 Å². The summed E-state index contributed by atoms with van der Waals surface area (Å²) >= 11 is 0. The van der Waals surface area contributed by atoms with Crippen LogP contribution in [0, 0.1) is 6.92 Å². The number of benzene rings is 1. The second kappa shape index (κ2) is 5.28. The fourth-order valence-electron chi connectivity index (χ4n) is 1.11. The Hall–Kier alpha value is -1.50. The summed E-state index contributed by atoms with van der Waals surface area (Å²) in [6.45, 7) is 10.2. The van der Waals surface area contributed by atoms with Gasteiger partial charge in [0, 0.05) is 6.42 Å². The predicted octanol–water partition coefficient (Wildman–Crippen LogP) is 3.51. The van der Waals surface area contributed by atoms with Gasteiger partial charge in [-0.15, -0.1) is 0 Å². The van der Waals surface area contributed by atoms with E-state index in [1.165, 1.54) is 0 Å². The summed E-state index contributed by atoms with van der Waals surface area (Å²) in [7, 11) is 0. The zero-order valence-corrected chi connectivity index (χ0v) is 8.62. The molecule has 0 fully saturated rings. The standard InChI is InChI=1S/C13H16O/c1-4-11(2)9-10-14-13-8-6-5-7-12(13)3/h4-8H,1-2,9-10H2,3H3. The zero-order chi connectivity index (χ0) is 10.4. The van der Waals surface area contributed by atoms with Gasteiger partial charge in [0.25, 0.3) is 0 Å². The van der Waals surface area contributed by atoms with Crippen molar-refractivity contribution in [2.75, 3.05) is 6.61 Å². The van der Waals surface area contributed by atoms with Gasteiger partial charge in [-0.1, -0.05) is 43.0 Å². The Balaban J connectivity index is 2.42. The molecule has 0 saturated carbocycles. The van der Waals surface area contributed by atoms with Crippen molar-refractivity contribution in [3.8, 4) is 5.75 Å². The first kappa shape index (κ1) is 10.6. The quantitative estimate of drug-likeness (QED) is 0.642. The molecule has 0 spiro atoms. The van der Waals surface area contributed by atoms with E-state index in [-0.39, 0.29) is 0 Å². The molecule has 14 heavy (non-hydrogen) atoms. The van der Waals surface area contributed by atoms with Gasteiger partial charge in [0.1, 0.15) is 5.75 Å². The van der Waals surface area contributed by atoms with Crippen LogP contribution in [0.5, 0.6) is 5.75 Å². The van der Waals surface area contributed by atoms with Crippen molar-refractivity contribution in [3.63, 3.8) is 0 Å². The van der Waals surface area contributed by atoms with E-state index in [0.29, 0.717) is 6.61 Å². The van der Waals surface area contributed by atoms with Gasteiger partial charge in [0.2, 0.25) is 0 Å². The molecular formula is C13H16O. The van der Waals surface area contributed by atoms with E-state index < -0.39 is 0 Å². The number of rotatable bonds is 5. The molecule has 0 aliphatic rings. The van der Waals surface area contributed by atoms with Crippen LogP contribution < -0.4 is 4.74 Å². The van der Waals surface area contributed by atoms with E-state index in [9.17, 15) is 0 Å². The van der Waals surface area contributed by atoms with Crippen LogP contribution in [-0.4, -0.2) is 6.61 Å². The summed E-state index contributed by atoms with van der Waals surface area (Å²) in [5, 5.41) is 0. The molecule has 1 rings (SSSR count). The molecule has 0 aliphatic carbocycles. The Bertz CT molecular complexity index is 326. The maximum atomic E-state index is 5.60. The SMILES string of the molecule is C=CC(=C)CCOc1ccccc1C. The Morgan fingerprint density at radius 3 is 2.79 bits per heavy atom. The minimum Gasteiger partial charge on any atom is -0.493 e. The van der Waals surface area contributed by atoms with E-state index in [0.717, 1.165) is 23.3 Å². The first-order valence-corrected chi connectivity index (χ1v) is 4.72. The largest absolute Gasteiger partial charge is 0.493 e. The minimum atomic E-state index is 0.662. The molecule has 0 aliphatic heterocycles. The van der Waals surface area contributed by atoms with Crippen molar-refractivity contribution < 1.29 is 4.74 Å². The molecule has 1 aromatic rings. The number of hydrogen-bond acceptors (Lipinski definition) is 1. The lowest BCUT2D eigenvalue weighted by atomic mass is 10.2. The topological polar surface area (TPSA) is 9.23 Å². The van der Waals surface area contributed by atoms with Crippen LogP contribution in [0.1, 0.15) is 12.0 Å². The van der Waals surface area contributed by atoms with Gasteiger partial charge >= 0.3 is 0 Å². The number of para-hydroxylation sites is 1. The molecule has 1 aromatic carbocycles. The smallest absolute Gasteiger partial charge is 0.122 e. The van der Waals surface area contributed by atoms with Crippen LogP contribution in [0.3, 0.4) is 0 Å². The molecular weight excluding hydrogens is 172 g/mol. The Labute approximate surface area is 85.7 Å². The van der Waals surface area contributed by atoms with Crippen LogP contribution in [-0.2, 0) is 0 Å². The number of hydrogen-bond donors (Lipinski definition) is 0. The lowest BCUT2D eigenvalue weighted by Gasteiger charge is -2.08. The average molecular weight is 188 g/mol. The van der Waals surface area contributed by atoms with Crippen molar-refractivity contribution in [1.29, 1.82) is 0 Å². The minimum absolute atomic E-state index is 0.662. The summed E-state index contributed by atoms with van der Waals surface area (Å²) in [6.07, 6.45) is 2.60. The molecule has 0 bridgehead atoms. The Morgan fingerprint density at radius 1 is 1.43 bits per heavy atom. The first-order chi connectivity index (χ1) is 6.74. The second-order valence-electron chi connectivity index (χ2n) is 3.23. The highest BCUT2D eigenvalue weighted by Gasteiger charge is 1.96. The molecule has 0 atom stereocenters. The summed E-state index contributed by atoms with van der Waals surface area (Å²) < 4.78 is 5.60. The molecule has 1 nitrogen and oxygen atoms in total. The zero-order valence-electron chi connectivity index (χ0n) is 8.62. The van der Waals surface area contributed by atoms with Gasteiger partial charge in [0.15, 0.2) is 0 Å². The molecule has 0 radical (unpaired) electrons. The Kier molecular flexibility index (Phi) is 3.99. The third-order valence-electron chi connectivity index (χ3n) is 2.06. The lowest BCUT2D eigenvalue weighted by molar-refractivity contribution is 0.320. The van der Waals surface area contributed by atoms with E-state index in [1.54, 1.807) is 6.08 Å². The van der Waals surface area contributed by atoms with E-state index in [1.807, 2.05) is 31.2 Å². The van der Waals surface area contributed by atoms with Crippen molar-refractivity contribution in [2.24, 2.45) is 0 Å². The number of aryl methyl sites for hydroxylation is 1. The monoisotopic (exact) mass is 188 g/mol. The van der Waals surface area contributed by atoms with Crippen LogP contribution in [0.2, 0.25) is 0 Å². The van der Waals surface area contributed by atoms with Crippen LogP contribution >= 0.6 is 0 Å². The van der Waals surface area contributed by atoms with E-state index in [4.69, 9.17) is 4.74 Å². The highest BCUT2D eigenvalue weighted by molar-refractivity contribution is 5.31. The van der Waals surface area contributed by atoms with Crippen molar-refractivity contribution in [1.82, 2.24) is 0 Å². The highest BCUT2D eigenvalue weighted by atomic mass is 16.5. The van der Waals surface area contributed by atoms with Gasteiger partial charge in [-0.3, -0.25) is 0 Å². The van der Waals surface area contributed by atoms with Crippen LogP contribution in [0.4, 0.5) is 0 Å². The van der Waals surface area contributed by atoms with Gasteiger partial charge in [-0.2, -0.15) is 0 Å². The molecule has 0 amide bonds. The molecule has 0 unspecified atom stereocenters. The predicted molar refractivity (Wildman–Crippen MR) is 60.6 cm³/mol. The molecule has 0 saturated heterocycles. The number of allylic oxidation sites excluding steroid dienone is 1. The van der Waals surface area contributed by atoms with Gasteiger partial charge < -0.3 is 4.74 Å². The van der Waals surface area contributed by atoms with E-state index in [2.05, 4.69) is 13.2 Å². The van der Waals surface area contributed by atoms with Crippen molar-refractivity contribution >= 4 is 0 Å². The normalized spacial score (nSPS) is 9.50. The summed E-state index contributed by atoms with van der Waals surface area (Å²) in [5.74, 6) is 0.948. The summed E-state index contributed by atoms with van der Waals surface area (Å²) in [6, 6.07) is 8.00. The average Bonchev–Trinajstić information content (AvgIpc) is 2.20. The van der Waals surface area contributed by atoms with E-state index >= 15 is 0 Å². The summed E-state index contributed by atoms with van der Waals surface area (Å²) in [5.41, 5.74) is 2.18. The molecule has 74 valence electrons. The molecule has 0 N–H and O–H groups in total. The third-order valence-corrected chi connectivity index (χ3v) is 2.06. The molecule has 0 aromatic heterocycles. The molecule has 1 heteroatoms. The van der Waals surface area contributed by atoms with Crippen LogP contribution in [0.25, 0.3) is 0 Å². The maximum absolute atomic E-state index is 5.60. The third kappa shape index (κ3) is 3.09. The van der Waals surface area contributed by atoms with Gasteiger partial charge in [0.05, 0.1) is 6.61 Å².